The van der Waals surface area contributed by atoms with Gasteiger partial charge in [-0.2, -0.15) is 0 Å². The van der Waals surface area contributed by atoms with Crippen molar-refractivity contribution in [3.63, 3.8) is 0 Å². The van der Waals surface area contributed by atoms with Gasteiger partial charge < -0.3 is 4.74 Å². The molecule has 0 fully saturated rings. The minimum Gasteiger partial charge on any atom is -0.483 e. The Bertz CT molecular complexity index is 3020. The molecule has 0 saturated carbocycles. The molecule has 0 unspecified atom stereocenters. The van der Waals surface area contributed by atoms with Crippen molar-refractivity contribution < 1.29 is 4.74 Å². The zero-order valence-corrected chi connectivity index (χ0v) is 31.7. The standard InChI is InChI=1S/C50H34N2OSSi/c1-3-16-37(17-4-1)55(38-18-5-2-6-19-38,40-21-12-15-36(31-40)41-23-13-24-43-42-22-7-10-27-48(42)54-50(41)43)39-20-11-14-34(30-39)35-28-29-47-46(32-35)52-45-26-9-8-25-44(45)51-49(52)33-53-47/h1-32H,33H2. The number of fused-ring (bicyclic) bond motifs is 8. The molecule has 5 heteroatoms. The summed E-state index contributed by atoms with van der Waals surface area (Å²) in [7, 11) is -2.88. The molecule has 0 radical (unpaired) electrons. The molecule has 260 valence electrons. The maximum absolute atomic E-state index is 6.24. The Morgan fingerprint density at radius 2 is 1.13 bits per heavy atom. The van der Waals surface area contributed by atoms with E-state index in [1.165, 1.54) is 57.6 Å². The molecule has 1 aliphatic heterocycles. The van der Waals surface area contributed by atoms with Gasteiger partial charge in [0.25, 0.3) is 0 Å². The van der Waals surface area contributed by atoms with E-state index in [1.807, 2.05) is 17.4 Å². The summed E-state index contributed by atoms with van der Waals surface area (Å²) in [6, 6.07) is 71.6. The lowest BCUT2D eigenvalue weighted by Gasteiger charge is -2.35. The predicted molar refractivity (Wildman–Crippen MR) is 233 cm³/mol. The second-order valence-electron chi connectivity index (χ2n) is 14.2. The van der Waals surface area contributed by atoms with Gasteiger partial charge in [0, 0.05) is 20.2 Å². The van der Waals surface area contributed by atoms with E-state index in [0.717, 1.165) is 33.9 Å². The predicted octanol–water partition coefficient (Wildman–Crippen LogP) is 10.00. The van der Waals surface area contributed by atoms with Crippen LogP contribution < -0.4 is 25.5 Å². The van der Waals surface area contributed by atoms with Crippen LogP contribution in [0.15, 0.2) is 194 Å². The van der Waals surface area contributed by atoms with Crippen molar-refractivity contribution in [2.75, 3.05) is 0 Å². The van der Waals surface area contributed by atoms with Crippen LogP contribution in [-0.2, 0) is 6.61 Å². The van der Waals surface area contributed by atoms with E-state index in [0.29, 0.717) is 6.61 Å². The largest absolute Gasteiger partial charge is 0.483 e. The molecule has 10 aromatic rings. The topological polar surface area (TPSA) is 27.1 Å². The van der Waals surface area contributed by atoms with Gasteiger partial charge in [-0.15, -0.1) is 11.3 Å². The van der Waals surface area contributed by atoms with Crippen LogP contribution >= 0.6 is 11.3 Å². The Hall–Kier alpha value is -6.53. The number of hydrogen-bond acceptors (Lipinski definition) is 3. The van der Waals surface area contributed by atoms with Crippen LogP contribution in [-0.4, -0.2) is 17.6 Å². The lowest BCUT2D eigenvalue weighted by Crippen LogP contribution is -2.74. The van der Waals surface area contributed by atoms with Crippen molar-refractivity contribution in [3.05, 3.63) is 200 Å². The van der Waals surface area contributed by atoms with Crippen LogP contribution in [0.25, 0.3) is 59.1 Å². The van der Waals surface area contributed by atoms with E-state index in [1.54, 1.807) is 0 Å². The molecule has 0 N–H and O–H groups in total. The molecule has 3 nitrogen and oxygen atoms in total. The first kappa shape index (κ1) is 31.9. The van der Waals surface area contributed by atoms with Gasteiger partial charge in [-0.05, 0) is 73.3 Å². The molecule has 3 heterocycles. The van der Waals surface area contributed by atoms with Gasteiger partial charge in [-0.1, -0.05) is 164 Å². The van der Waals surface area contributed by atoms with E-state index in [9.17, 15) is 0 Å². The Labute approximate surface area is 324 Å². The van der Waals surface area contributed by atoms with E-state index in [4.69, 9.17) is 9.72 Å². The Balaban J connectivity index is 1.13. The lowest BCUT2D eigenvalue weighted by molar-refractivity contribution is 0.281. The first-order valence-electron chi connectivity index (χ1n) is 18.7. The van der Waals surface area contributed by atoms with Crippen molar-refractivity contribution in [1.29, 1.82) is 0 Å². The monoisotopic (exact) mass is 738 g/mol. The SMILES string of the molecule is c1ccc([Si](c2ccccc2)(c2cccc(-c3ccc4c(c3)-n3c(nc5ccccc53)CO4)c2)c2cccc(-c3cccc4c3sc3ccccc34)c2)cc1. The summed E-state index contributed by atoms with van der Waals surface area (Å²) >= 11 is 1.89. The third-order valence-corrected chi connectivity index (χ3v) is 17.2. The normalized spacial score (nSPS) is 12.4. The Morgan fingerprint density at radius 3 is 1.93 bits per heavy atom. The van der Waals surface area contributed by atoms with Crippen LogP contribution in [0.4, 0.5) is 0 Å². The van der Waals surface area contributed by atoms with Gasteiger partial charge >= 0.3 is 0 Å². The molecular weight excluding hydrogens is 705 g/mol. The summed E-state index contributed by atoms with van der Waals surface area (Å²) in [5, 5.41) is 8.03. The summed E-state index contributed by atoms with van der Waals surface area (Å²) in [4.78, 5) is 4.90. The number of thiophene rings is 1. The number of nitrogens with zero attached hydrogens (tertiary/aromatic N) is 2. The molecule has 11 rings (SSSR count). The second-order valence-corrected chi connectivity index (χ2v) is 19.1. The highest BCUT2D eigenvalue weighted by Crippen LogP contribution is 2.40. The van der Waals surface area contributed by atoms with Crippen molar-refractivity contribution >= 4 is 71.4 Å². The minimum absolute atomic E-state index is 0.454. The number of hydrogen-bond donors (Lipinski definition) is 0. The fourth-order valence-corrected chi connectivity index (χ4v) is 14.8. The zero-order chi connectivity index (χ0) is 36.3. The van der Waals surface area contributed by atoms with Crippen molar-refractivity contribution in [3.8, 4) is 33.7 Å². The highest BCUT2D eigenvalue weighted by Gasteiger charge is 2.41. The quantitative estimate of drug-likeness (QED) is 0.126. The Kier molecular flexibility index (Phi) is 7.44. The summed E-state index contributed by atoms with van der Waals surface area (Å²) in [6.45, 7) is 0.454. The van der Waals surface area contributed by atoms with Crippen LogP contribution in [0.2, 0.25) is 0 Å². The highest BCUT2D eigenvalue weighted by atomic mass is 32.1. The molecule has 0 spiro atoms. The van der Waals surface area contributed by atoms with Crippen molar-refractivity contribution in [2.45, 2.75) is 6.61 Å². The molecule has 0 bridgehead atoms. The summed E-state index contributed by atoms with van der Waals surface area (Å²) in [5.74, 6) is 1.80. The van der Waals surface area contributed by atoms with Crippen LogP contribution in [0.5, 0.6) is 5.75 Å². The van der Waals surface area contributed by atoms with Crippen LogP contribution in [0, 0.1) is 0 Å². The van der Waals surface area contributed by atoms with Gasteiger partial charge in [-0.3, -0.25) is 4.57 Å². The first-order valence-corrected chi connectivity index (χ1v) is 21.5. The number of ether oxygens (including phenoxy) is 1. The summed E-state index contributed by atoms with van der Waals surface area (Å²) in [6.07, 6.45) is 0. The van der Waals surface area contributed by atoms with E-state index in [-0.39, 0.29) is 0 Å². The molecule has 0 saturated heterocycles. The van der Waals surface area contributed by atoms with Crippen LogP contribution in [0.1, 0.15) is 5.82 Å². The molecular formula is C50H34N2OSSi. The third kappa shape index (κ3) is 5.04. The Morgan fingerprint density at radius 1 is 0.509 bits per heavy atom. The summed E-state index contributed by atoms with van der Waals surface area (Å²) < 4.78 is 11.2. The molecule has 8 aromatic carbocycles. The smallest absolute Gasteiger partial charge is 0.179 e. The first-order chi connectivity index (χ1) is 27.3. The van der Waals surface area contributed by atoms with E-state index in [2.05, 4.69) is 193 Å². The number of aromatic nitrogens is 2. The van der Waals surface area contributed by atoms with E-state index < -0.39 is 8.07 Å². The maximum Gasteiger partial charge on any atom is 0.179 e. The second kappa shape index (κ2) is 12.8. The minimum atomic E-state index is -2.88. The third-order valence-electron chi connectivity index (χ3n) is 11.2. The van der Waals surface area contributed by atoms with Gasteiger partial charge in [0.1, 0.15) is 12.4 Å². The molecule has 0 aliphatic carbocycles. The highest BCUT2D eigenvalue weighted by molar-refractivity contribution is 7.26. The maximum atomic E-state index is 6.24. The fourth-order valence-electron chi connectivity index (χ4n) is 8.78. The number of benzene rings is 8. The number of para-hydroxylation sites is 2. The summed E-state index contributed by atoms with van der Waals surface area (Å²) in [5.41, 5.74) is 7.94. The molecule has 55 heavy (non-hydrogen) atoms. The number of imidazole rings is 1. The fraction of sp³-hybridized carbons (Fsp3) is 0.0200. The number of rotatable bonds is 6. The van der Waals surface area contributed by atoms with Gasteiger partial charge in [0.05, 0.1) is 16.7 Å². The van der Waals surface area contributed by atoms with Crippen molar-refractivity contribution in [1.82, 2.24) is 9.55 Å². The van der Waals surface area contributed by atoms with Gasteiger partial charge in [0.15, 0.2) is 13.9 Å². The van der Waals surface area contributed by atoms with E-state index >= 15 is 0 Å². The molecule has 0 amide bonds. The molecule has 0 atom stereocenters. The van der Waals surface area contributed by atoms with Gasteiger partial charge in [0.2, 0.25) is 0 Å². The molecule has 2 aromatic heterocycles. The van der Waals surface area contributed by atoms with Crippen molar-refractivity contribution in [2.24, 2.45) is 0 Å². The zero-order valence-electron chi connectivity index (χ0n) is 29.9. The average molecular weight is 739 g/mol. The molecule has 1 aliphatic rings. The average Bonchev–Trinajstić information content (AvgIpc) is 3.84. The van der Waals surface area contributed by atoms with Crippen LogP contribution in [0.3, 0.4) is 0 Å². The lowest BCUT2D eigenvalue weighted by atomic mass is 10.0. The van der Waals surface area contributed by atoms with Gasteiger partial charge in [-0.25, -0.2) is 4.98 Å².